The summed E-state index contributed by atoms with van der Waals surface area (Å²) in [6, 6.07) is 7.14. The molecule has 0 aromatic heterocycles. The molecular formula is C15H21ClN2O2. The molecule has 4 nitrogen and oxygen atoms in total. The predicted molar refractivity (Wildman–Crippen MR) is 81.1 cm³/mol. The summed E-state index contributed by atoms with van der Waals surface area (Å²) in [5.74, 6) is 0.0270. The quantitative estimate of drug-likeness (QED) is 0.929. The SMILES string of the molecule is C[C@@H]1CN(CCC(=O)Nc2ccc(Cl)cc2)C[C@H](C)O1. The number of amides is 1. The molecule has 110 valence electrons. The van der Waals surface area contributed by atoms with E-state index in [4.69, 9.17) is 16.3 Å². The van der Waals surface area contributed by atoms with Crippen molar-refractivity contribution in [2.45, 2.75) is 32.5 Å². The number of rotatable bonds is 4. The van der Waals surface area contributed by atoms with Crippen LogP contribution in [0.1, 0.15) is 20.3 Å². The van der Waals surface area contributed by atoms with E-state index in [1.54, 1.807) is 24.3 Å². The Kier molecular flexibility index (Phi) is 5.40. The lowest BCUT2D eigenvalue weighted by molar-refractivity contribution is -0.117. The number of benzene rings is 1. The zero-order chi connectivity index (χ0) is 14.5. The topological polar surface area (TPSA) is 41.6 Å². The molecule has 1 heterocycles. The number of halogens is 1. The van der Waals surface area contributed by atoms with Gasteiger partial charge in [0.15, 0.2) is 0 Å². The largest absolute Gasteiger partial charge is 0.373 e. The van der Waals surface area contributed by atoms with Crippen molar-refractivity contribution in [3.8, 4) is 0 Å². The van der Waals surface area contributed by atoms with E-state index in [0.717, 1.165) is 25.3 Å². The van der Waals surface area contributed by atoms with Crippen LogP contribution in [0.4, 0.5) is 5.69 Å². The molecule has 1 N–H and O–H groups in total. The Balaban J connectivity index is 1.76. The molecule has 2 rings (SSSR count). The normalized spacial score (nSPS) is 23.6. The van der Waals surface area contributed by atoms with Crippen LogP contribution in [0.5, 0.6) is 0 Å². The van der Waals surface area contributed by atoms with E-state index in [1.807, 2.05) is 0 Å². The summed E-state index contributed by atoms with van der Waals surface area (Å²) >= 11 is 5.81. The van der Waals surface area contributed by atoms with Crippen LogP contribution in [0.25, 0.3) is 0 Å². The summed E-state index contributed by atoms with van der Waals surface area (Å²) in [7, 11) is 0. The fourth-order valence-electron chi connectivity index (χ4n) is 2.48. The van der Waals surface area contributed by atoms with E-state index in [2.05, 4.69) is 24.1 Å². The molecule has 0 spiro atoms. The molecule has 0 aliphatic carbocycles. The number of carbonyl (C=O) groups excluding carboxylic acids is 1. The lowest BCUT2D eigenvalue weighted by Gasteiger charge is -2.35. The zero-order valence-corrected chi connectivity index (χ0v) is 12.7. The number of carbonyl (C=O) groups is 1. The molecule has 1 aliphatic rings. The fraction of sp³-hybridized carbons (Fsp3) is 0.533. The third-order valence-corrected chi connectivity index (χ3v) is 3.53. The smallest absolute Gasteiger partial charge is 0.225 e. The Bertz CT molecular complexity index is 440. The molecule has 20 heavy (non-hydrogen) atoms. The van der Waals surface area contributed by atoms with Crippen molar-refractivity contribution in [1.29, 1.82) is 0 Å². The molecule has 1 fully saturated rings. The van der Waals surface area contributed by atoms with Gasteiger partial charge >= 0.3 is 0 Å². The summed E-state index contributed by atoms with van der Waals surface area (Å²) in [6.45, 7) is 6.67. The van der Waals surface area contributed by atoms with Gasteiger partial charge in [-0.1, -0.05) is 11.6 Å². The Morgan fingerprint density at radius 1 is 1.30 bits per heavy atom. The first-order valence-corrected chi connectivity index (χ1v) is 7.34. The van der Waals surface area contributed by atoms with Gasteiger partial charge < -0.3 is 10.1 Å². The van der Waals surface area contributed by atoms with E-state index >= 15 is 0 Å². The first kappa shape index (κ1) is 15.3. The minimum absolute atomic E-state index is 0.0270. The van der Waals surface area contributed by atoms with Gasteiger partial charge in [0, 0.05) is 36.8 Å². The average molecular weight is 297 g/mol. The first-order valence-electron chi connectivity index (χ1n) is 6.96. The number of ether oxygens (including phenoxy) is 1. The summed E-state index contributed by atoms with van der Waals surface area (Å²) in [4.78, 5) is 14.2. The van der Waals surface area contributed by atoms with Gasteiger partial charge in [0.05, 0.1) is 12.2 Å². The Morgan fingerprint density at radius 3 is 2.50 bits per heavy atom. The molecule has 1 saturated heterocycles. The maximum Gasteiger partial charge on any atom is 0.225 e. The van der Waals surface area contributed by atoms with Gasteiger partial charge in [-0.15, -0.1) is 0 Å². The summed E-state index contributed by atoms with van der Waals surface area (Å²) in [5.41, 5.74) is 0.781. The minimum Gasteiger partial charge on any atom is -0.373 e. The maximum atomic E-state index is 11.9. The van der Waals surface area contributed by atoms with E-state index in [-0.39, 0.29) is 18.1 Å². The molecule has 1 aliphatic heterocycles. The van der Waals surface area contributed by atoms with Crippen LogP contribution in [0.15, 0.2) is 24.3 Å². The minimum atomic E-state index is 0.0270. The Hall–Kier alpha value is -1.10. The van der Waals surface area contributed by atoms with Crippen molar-refractivity contribution in [2.75, 3.05) is 25.0 Å². The van der Waals surface area contributed by atoms with Crippen LogP contribution in [0.2, 0.25) is 5.02 Å². The second kappa shape index (κ2) is 7.07. The fourth-order valence-corrected chi connectivity index (χ4v) is 2.61. The molecule has 0 radical (unpaired) electrons. The predicted octanol–water partition coefficient (Wildman–Crippen LogP) is 2.78. The molecule has 5 heteroatoms. The van der Waals surface area contributed by atoms with Crippen LogP contribution in [-0.2, 0) is 9.53 Å². The number of hydrogen-bond acceptors (Lipinski definition) is 3. The Morgan fingerprint density at radius 2 is 1.90 bits per heavy atom. The van der Waals surface area contributed by atoms with Crippen molar-refractivity contribution < 1.29 is 9.53 Å². The highest BCUT2D eigenvalue weighted by atomic mass is 35.5. The third-order valence-electron chi connectivity index (χ3n) is 3.28. The standard InChI is InChI=1S/C15H21ClN2O2/c1-11-9-18(10-12(2)20-11)8-7-15(19)17-14-5-3-13(16)4-6-14/h3-6,11-12H,7-10H2,1-2H3,(H,17,19)/t11-,12+. The molecule has 0 bridgehead atoms. The van der Waals surface area contributed by atoms with Crippen molar-refractivity contribution in [2.24, 2.45) is 0 Å². The highest BCUT2D eigenvalue weighted by Gasteiger charge is 2.22. The van der Waals surface area contributed by atoms with Gasteiger partial charge in [0.25, 0.3) is 0 Å². The molecular weight excluding hydrogens is 276 g/mol. The second-order valence-corrected chi connectivity index (χ2v) is 5.76. The van der Waals surface area contributed by atoms with Gasteiger partial charge in [0.1, 0.15) is 0 Å². The van der Waals surface area contributed by atoms with Gasteiger partial charge in [-0.3, -0.25) is 9.69 Å². The average Bonchev–Trinajstić information content (AvgIpc) is 2.38. The Labute approximate surface area is 125 Å². The van der Waals surface area contributed by atoms with Crippen molar-refractivity contribution >= 4 is 23.2 Å². The molecule has 0 saturated carbocycles. The lowest BCUT2D eigenvalue weighted by Crippen LogP contribution is -2.46. The summed E-state index contributed by atoms with van der Waals surface area (Å²) in [6.07, 6.45) is 0.957. The van der Waals surface area contributed by atoms with Crippen molar-refractivity contribution in [3.63, 3.8) is 0 Å². The van der Waals surface area contributed by atoms with E-state index in [9.17, 15) is 4.79 Å². The summed E-state index contributed by atoms with van der Waals surface area (Å²) < 4.78 is 5.68. The highest BCUT2D eigenvalue weighted by Crippen LogP contribution is 2.14. The van der Waals surface area contributed by atoms with Crippen LogP contribution in [-0.4, -0.2) is 42.6 Å². The van der Waals surface area contributed by atoms with Crippen LogP contribution < -0.4 is 5.32 Å². The van der Waals surface area contributed by atoms with Crippen LogP contribution in [0, 0.1) is 0 Å². The number of nitrogens with one attached hydrogen (secondary N) is 1. The zero-order valence-electron chi connectivity index (χ0n) is 11.9. The maximum absolute atomic E-state index is 11.9. The van der Waals surface area contributed by atoms with Crippen molar-refractivity contribution in [3.05, 3.63) is 29.3 Å². The summed E-state index contributed by atoms with van der Waals surface area (Å²) in [5, 5.41) is 3.54. The second-order valence-electron chi connectivity index (χ2n) is 5.32. The lowest BCUT2D eigenvalue weighted by atomic mass is 10.2. The molecule has 1 aromatic rings. The van der Waals surface area contributed by atoms with Crippen LogP contribution >= 0.6 is 11.6 Å². The molecule has 1 aromatic carbocycles. The molecule has 0 unspecified atom stereocenters. The van der Waals surface area contributed by atoms with Crippen molar-refractivity contribution in [1.82, 2.24) is 4.90 Å². The van der Waals surface area contributed by atoms with Gasteiger partial charge in [0.2, 0.25) is 5.91 Å². The number of morpholine rings is 1. The number of anilines is 1. The van der Waals surface area contributed by atoms with E-state index < -0.39 is 0 Å². The molecule has 1 amide bonds. The van der Waals surface area contributed by atoms with E-state index in [0.29, 0.717) is 11.4 Å². The molecule has 2 atom stereocenters. The third kappa shape index (κ3) is 4.78. The first-order chi connectivity index (χ1) is 9.52. The number of hydrogen-bond donors (Lipinski definition) is 1. The van der Waals surface area contributed by atoms with Gasteiger partial charge in [-0.2, -0.15) is 0 Å². The van der Waals surface area contributed by atoms with Gasteiger partial charge in [-0.05, 0) is 38.1 Å². The number of nitrogens with zero attached hydrogens (tertiary/aromatic N) is 1. The highest BCUT2D eigenvalue weighted by molar-refractivity contribution is 6.30. The monoisotopic (exact) mass is 296 g/mol. The van der Waals surface area contributed by atoms with Gasteiger partial charge in [-0.25, -0.2) is 0 Å². The van der Waals surface area contributed by atoms with E-state index in [1.165, 1.54) is 0 Å². The van der Waals surface area contributed by atoms with Crippen LogP contribution in [0.3, 0.4) is 0 Å².